The van der Waals surface area contributed by atoms with E-state index in [-0.39, 0.29) is 22.8 Å². The van der Waals surface area contributed by atoms with Crippen LogP contribution in [0.4, 0.5) is 0 Å². The second kappa shape index (κ2) is 5.62. The Bertz CT molecular complexity index is 538. The van der Waals surface area contributed by atoms with Gasteiger partial charge in [0.25, 0.3) is 0 Å². The summed E-state index contributed by atoms with van der Waals surface area (Å²) >= 11 is 12.3. The molecular weight excluding hydrogens is 307 g/mol. The maximum atomic E-state index is 11.7. The average Bonchev–Trinajstić information content (AvgIpc) is 2.92. The lowest BCUT2D eigenvalue weighted by Gasteiger charge is -2.34. The minimum absolute atomic E-state index is 0.0227. The van der Waals surface area contributed by atoms with Crippen LogP contribution in [0.25, 0.3) is 0 Å². The van der Waals surface area contributed by atoms with E-state index in [4.69, 9.17) is 23.2 Å². The van der Waals surface area contributed by atoms with Crippen molar-refractivity contribution >= 4 is 33.0 Å². The van der Waals surface area contributed by atoms with Crippen LogP contribution in [0.1, 0.15) is 12.1 Å². The largest absolute Gasteiger partial charge is 0.276 e. The molecule has 19 heavy (non-hydrogen) atoms. The first kappa shape index (κ1) is 15.1. The summed E-state index contributed by atoms with van der Waals surface area (Å²) < 4.78 is 25.1. The van der Waals surface area contributed by atoms with E-state index in [2.05, 4.69) is 5.10 Å². The summed E-state index contributed by atoms with van der Waals surface area (Å²) in [5.74, 6) is 1.17. The Morgan fingerprint density at radius 3 is 2.58 bits per heavy atom. The van der Waals surface area contributed by atoms with Crippen LogP contribution in [0.5, 0.6) is 0 Å². The highest BCUT2D eigenvalue weighted by Gasteiger charge is 2.44. The number of aryl methyl sites for hydroxylation is 1. The van der Waals surface area contributed by atoms with Gasteiger partial charge in [-0.1, -0.05) is 0 Å². The molecule has 1 fully saturated rings. The van der Waals surface area contributed by atoms with Crippen molar-refractivity contribution in [1.82, 2.24) is 9.78 Å². The summed E-state index contributed by atoms with van der Waals surface area (Å²) in [6.07, 6.45) is 3.14. The molecule has 0 spiro atoms. The molecule has 0 radical (unpaired) electrons. The summed E-state index contributed by atoms with van der Waals surface area (Å²) in [6, 6.07) is 1.93. The lowest BCUT2D eigenvalue weighted by Crippen LogP contribution is -2.38. The molecule has 2 rings (SSSR count). The second-order valence-electron chi connectivity index (χ2n) is 5.39. The van der Waals surface area contributed by atoms with Gasteiger partial charge in [0.1, 0.15) is 0 Å². The molecular formula is C12H18Cl2N2O2S. The van der Waals surface area contributed by atoms with Crippen LogP contribution in [0.15, 0.2) is 12.3 Å². The molecule has 7 heteroatoms. The summed E-state index contributed by atoms with van der Waals surface area (Å²) in [6.45, 7) is 0. The van der Waals surface area contributed by atoms with Crippen LogP contribution < -0.4 is 0 Å². The van der Waals surface area contributed by atoms with Gasteiger partial charge in [0.2, 0.25) is 0 Å². The van der Waals surface area contributed by atoms with E-state index >= 15 is 0 Å². The zero-order valence-electron chi connectivity index (χ0n) is 10.8. The Balaban J connectivity index is 2.22. The van der Waals surface area contributed by atoms with Crippen LogP contribution in [0, 0.1) is 11.3 Å². The molecule has 1 aromatic heterocycles. The van der Waals surface area contributed by atoms with Gasteiger partial charge in [0, 0.05) is 30.4 Å². The van der Waals surface area contributed by atoms with E-state index in [0.717, 1.165) is 5.69 Å². The minimum atomic E-state index is -2.93. The SMILES string of the molecule is Cn1ccc(CC(CCl)(CCl)C2CCS(=O)(=O)C2)n1. The van der Waals surface area contributed by atoms with E-state index in [1.165, 1.54) is 0 Å². The van der Waals surface area contributed by atoms with E-state index in [9.17, 15) is 8.42 Å². The highest BCUT2D eigenvalue weighted by Crippen LogP contribution is 2.40. The molecule has 1 aliphatic rings. The summed E-state index contributed by atoms with van der Waals surface area (Å²) in [7, 11) is -1.07. The van der Waals surface area contributed by atoms with Crippen molar-refractivity contribution in [3.8, 4) is 0 Å². The Labute approximate surface area is 124 Å². The van der Waals surface area contributed by atoms with Gasteiger partial charge in [-0.25, -0.2) is 8.42 Å². The maximum Gasteiger partial charge on any atom is 0.150 e. The smallest absolute Gasteiger partial charge is 0.150 e. The van der Waals surface area contributed by atoms with E-state index in [1.807, 2.05) is 19.3 Å². The summed E-state index contributed by atoms with van der Waals surface area (Å²) in [5.41, 5.74) is 0.522. The predicted molar refractivity (Wildman–Crippen MR) is 77.5 cm³/mol. The number of rotatable bonds is 5. The van der Waals surface area contributed by atoms with Crippen molar-refractivity contribution in [2.75, 3.05) is 23.3 Å². The first-order chi connectivity index (χ1) is 8.91. The fourth-order valence-electron chi connectivity index (χ4n) is 2.69. The lowest BCUT2D eigenvalue weighted by atomic mass is 9.74. The maximum absolute atomic E-state index is 11.7. The monoisotopic (exact) mass is 324 g/mol. The van der Waals surface area contributed by atoms with E-state index in [0.29, 0.717) is 24.6 Å². The van der Waals surface area contributed by atoms with Gasteiger partial charge in [0.15, 0.2) is 9.84 Å². The number of hydrogen-bond donors (Lipinski definition) is 0. The molecule has 0 N–H and O–H groups in total. The topological polar surface area (TPSA) is 52.0 Å². The highest BCUT2D eigenvalue weighted by atomic mass is 35.5. The van der Waals surface area contributed by atoms with Crippen molar-refractivity contribution in [2.24, 2.45) is 18.4 Å². The van der Waals surface area contributed by atoms with Crippen LogP contribution in [0.2, 0.25) is 0 Å². The highest BCUT2D eigenvalue weighted by molar-refractivity contribution is 7.91. The third-order valence-electron chi connectivity index (χ3n) is 3.93. The molecule has 4 nitrogen and oxygen atoms in total. The van der Waals surface area contributed by atoms with Crippen LogP contribution in [-0.2, 0) is 23.3 Å². The van der Waals surface area contributed by atoms with Crippen LogP contribution in [-0.4, -0.2) is 41.5 Å². The summed E-state index contributed by atoms with van der Waals surface area (Å²) in [4.78, 5) is 0. The third kappa shape index (κ3) is 3.26. The Kier molecular flexibility index (Phi) is 4.48. The first-order valence-electron chi connectivity index (χ1n) is 6.22. The lowest BCUT2D eigenvalue weighted by molar-refractivity contribution is 0.242. The molecule has 0 aliphatic carbocycles. The Hall–Kier alpha value is -0.260. The van der Waals surface area contributed by atoms with Gasteiger partial charge >= 0.3 is 0 Å². The number of halogens is 2. The van der Waals surface area contributed by atoms with Gasteiger partial charge in [-0.15, -0.1) is 23.2 Å². The van der Waals surface area contributed by atoms with E-state index in [1.54, 1.807) is 4.68 Å². The number of hydrogen-bond acceptors (Lipinski definition) is 3. The molecule has 1 saturated heterocycles. The zero-order valence-corrected chi connectivity index (χ0v) is 13.2. The van der Waals surface area contributed by atoms with Crippen LogP contribution in [0.3, 0.4) is 0 Å². The Morgan fingerprint density at radius 1 is 1.47 bits per heavy atom. The molecule has 0 bridgehead atoms. The number of nitrogens with zero attached hydrogens (tertiary/aromatic N) is 2. The quantitative estimate of drug-likeness (QED) is 0.777. The van der Waals surface area contributed by atoms with Gasteiger partial charge in [-0.05, 0) is 24.8 Å². The molecule has 1 unspecified atom stereocenters. The van der Waals surface area contributed by atoms with Gasteiger partial charge in [0.05, 0.1) is 17.2 Å². The fraction of sp³-hybridized carbons (Fsp3) is 0.750. The average molecular weight is 325 g/mol. The molecule has 1 aliphatic heterocycles. The standard InChI is InChI=1S/C12H18Cl2N2O2S/c1-16-4-2-11(15-16)6-12(8-13,9-14)10-3-5-19(17,18)7-10/h2,4,10H,3,5-9H2,1H3. The van der Waals surface area contributed by atoms with Gasteiger partial charge in [-0.3, -0.25) is 4.68 Å². The van der Waals surface area contributed by atoms with Crippen molar-refractivity contribution < 1.29 is 8.42 Å². The fourth-order valence-corrected chi connectivity index (χ4v) is 5.54. The molecule has 0 amide bonds. The summed E-state index contributed by atoms with van der Waals surface area (Å²) in [5, 5.41) is 4.35. The normalized spacial score (nSPS) is 22.8. The van der Waals surface area contributed by atoms with E-state index < -0.39 is 9.84 Å². The molecule has 0 aromatic carbocycles. The van der Waals surface area contributed by atoms with Gasteiger partial charge < -0.3 is 0 Å². The number of alkyl halides is 2. The second-order valence-corrected chi connectivity index (χ2v) is 8.15. The minimum Gasteiger partial charge on any atom is -0.276 e. The van der Waals surface area contributed by atoms with Crippen molar-refractivity contribution in [1.29, 1.82) is 0 Å². The van der Waals surface area contributed by atoms with Crippen molar-refractivity contribution in [2.45, 2.75) is 12.8 Å². The van der Waals surface area contributed by atoms with Crippen LogP contribution >= 0.6 is 23.2 Å². The zero-order chi connectivity index (χ0) is 14.1. The molecule has 1 atom stereocenters. The molecule has 108 valence electrons. The first-order valence-corrected chi connectivity index (χ1v) is 9.11. The van der Waals surface area contributed by atoms with Crippen molar-refractivity contribution in [3.05, 3.63) is 18.0 Å². The number of aromatic nitrogens is 2. The third-order valence-corrected chi connectivity index (χ3v) is 6.77. The van der Waals surface area contributed by atoms with Crippen molar-refractivity contribution in [3.63, 3.8) is 0 Å². The predicted octanol–water partition coefficient (Wildman–Crippen LogP) is 1.86. The molecule has 1 aromatic rings. The Morgan fingerprint density at radius 2 is 2.16 bits per heavy atom. The van der Waals surface area contributed by atoms with Gasteiger partial charge in [-0.2, -0.15) is 5.10 Å². The molecule has 0 saturated carbocycles. The molecule has 2 heterocycles. The number of sulfone groups is 1.